The highest BCUT2D eigenvalue weighted by molar-refractivity contribution is 5.38. The van der Waals surface area contributed by atoms with Crippen molar-refractivity contribution in [3.8, 4) is 5.75 Å². The smallest absolute Gasteiger partial charge is 0.115 e. The van der Waals surface area contributed by atoms with Crippen LogP contribution in [-0.2, 0) is 6.42 Å². The number of phenols is 1. The van der Waals surface area contributed by atoms with Crippen LogP contribution in [0.2, 0.25) is 0 Å². The molecule has 12 heavy (non-hydrogen) atoms. The molecule has 0 spiro atoms. The number of rotatable bonds is 0. The normalized spacial score (nSPS) is 21.9. The summed E-state index contributed by atoms with van der Waals surface area (Å²) in [6, 6.07) is 5.63. The summed E-state index contributed by atoms with van der Waals surface area (Å²) in [5.41, 5.74) is 8.33. The van der Waals surface area contributed by atoms with Gasteiger partial charge in [-0.05, 0) is 42.5 Å². The molecule has 2 heteroatoms. The van der Waals surface area contributed by atoms with Gasteiger partial charge < -0.3 is 10.8 Å². The molecule has 0 fully saturated rings. The van der Waals surface area contributed by atoms with Gasteiger partial charge in [-0.1, -0.05) is 6.07 Å². The number of aryl methyl sites for hydroxylation is 1. The predicted molar refractivity (Wildman–Crippen MR) is 48.0 cm³/mol. The van der Waals surface area contributed by atoms with Crippen LogP contribution in [0.1, 0.15) is 30.0 Å². The lowest BCUT2D eigenvalue weighted by Gasteiger charge is -2.21. The standard InChI is InChI=1S/C10H13NO/c11-10-3-1-2-7-4-5-8(12)6-9(7)10/h4-6,10,12H,1-3,11H2/t10-/m0/s1. The van der Waals surface area contributed by atoms with Crippen LogP contribution in [0.15, 0.2) is 18.2 Å². The Bertz CT molecular complexity index is 296. The minimum atomic E-state index is 0.126. The first-order valence-corrected chi connectivity index (χ1v) is 4.35. The summed E-state index contributed by atoms with van der Waals surface area (Å²) in [6.45, 7) is 0. The van der Waals surface area contributed by atoms with E-state index in [-0.39, 0.29) is 6.04 Å². The van der Waals surface area contributed by atoms with E-state index in [4.69, 9.17) is 5.73 Å². The molecule has 2 rings (SSSR count). The number of aromatic hydroxyl groups is 1. The maximum Gasteiger partial charge on any atom is 0.115 e. The van der Waals surface area contributed by atoms with Crippen molar-refractivity contribution in [3.05, 3.63) is 29.3 Å². The number of nitrogens with two attached hydrogens (primary N) is 1. The zero-order chi connectivity index (χ0) is 8.55. The number of hydrogen-bond donors (Lipinski definition) is 2. The molecule has 0 aromatic heterocycles. The minimum absolute atomic E-state index is 0.126. The Balaban J connectivity index is 2.47. The van der Waals surface area contributed by atoms with E-state index in [0.717, 1.165) is 18.4 Å². The molecule has 0 saturated carbocycles. The Morgan fingerprint density at radius 3 is 3.08 bits per heavy atom. The van der Waals surface area contributed by atoms with Crippen LogP contribution in [0.4, 0.5) is 0 Å². The van der Waals surface area contributed by atoms with E-state index >= 15 is 0 Å². The Labute approximate surface area is 72.0 Å². The molecule has 0 radical (unpaired) electrons. The maximum atomic E-state index is 9.25. The fourth-order valence-electron chi connectivity index (χ4n) is 1.82. The van der Waals surface area contributed by atoms with Gasteiger partial charge in [-0.3, -0.25) is 0 Å². The zero-order valence-electron chi connectivity index (χ0n) is 6.96. The molecule has 3 N–H and O–H groups in total. The maximum absolute atomic E-state index is 9.25. The Morgan fingerprint density at radius 2 is 2.25 bits per heavy atom. The second kappa shape index (κ2) is 2.79. The molecule has 0 amide bonds. The molecule has 0 bridgehead atoms. The first kappa shape index (κ1) is 7.62. The van der Waals surface area contributed by atoms with Gasteiger partial charge in [0.1, 0.15) is 5.75 Å². The minimum Gasteiger partial charge on any atom is -0.508 e. The lowest BCUT2D eigenvalue weighted by molar-refractivity contribution is 0.470. The number of fused-ring (bicyclic) bond motifs is 1. The van der Waals surface area contributed by atoms with Crippen molar-refractivity contribution < 1.29 is 5.11 Å². The van der Waals surface area contributed by atoms with Gasteiger partial charge >= 0.3 is 0 Å². The fraction of sp³-hybridized carbons (Fsp3) is 0.400. The van der Waals surface area contributed by atoms with Crippen molar-refractivity contribution in [1.82, 2.24) is 0 Å². The van der Waals surface area contributed by atoms with E-state index in [1.165, 1.54) is 12.0 Å². The van der Waals surface area contributed by atoms with Crippen LogP contribution in [0.3, 0.4) is 0 Å². The van der Waals surface area contributed by atoms with Gasteiger partial charge in [-0.15, -0.1) is 0 Å². The average Bonchev–Trinajstić information content (AvgIpc) is 2.07. The highest BCUT2D eigenvalue weighted by Gasteiger charge is 2.16. The molecular weight excluding hydrogens is 150 g/mol. The summed E-state index contributed by atoms with van der Waals surface area (Å²) in [6.07, 6.45) is 3.30. The molecule has 64 valence electrons. The first-order chi connectivity index (χ1) is 5.77. The third-order valence-corrected chi connectivity index (χ3v) is 2.49. The Kier molecular flexibility index (Phi) is 1.77. The summed E-state index contributed by atoms with van der Waals surface area (Å²) in [4.78, 5) is 0. The highest BCUT2D eigenvalue weighted by Crippen LogP contribution is 2.30. The first-order valence-electron chi connectivity index (χ1n) is 4.35. The van der Waals surface area contributed by atoms with Gasteiger partial charge in [0, 0.05) is 6.04 Å². The third kappa shape index (κ3) is 1.18. The molecule has 1 aliphatic rings. The largest absolute Gasteiger partial charge is 0.508 e. The summed E-state index contributed by atoms with van der Waals surface area (Å²) < 4.78 is 0. The zero-order valence-corrected chi connectivity index (χ0v) is 6.96. The highest BCUT2D eigenvalue weighted by atomic mass is 16.3. The number of benzene rings is 1. The van der Waals surface area contributed by atoms with Crippen LogP contribution < -0.4 is 5.73 Å². The second-order valence-corrected chi connectivity index (χ2v) is 3.38. The molecule has 0 heterocycles. The van der Waals surface area contributed by atoms with E-state index in [0.29, 0.717) is 5.75 Å². The van der Waals surface area contributed by atoms with E-state index in [2.05, 4.69) is 0 Å². The van der Waals surface area contributed by atoms with Crippen molar-refractivity contribution in [3.63, 3.8) is 0 Å². The molecule has 1 aliphatic carbocycles. The van der Waals surface area contributed by atoms with Crippen LogP contribution in [-0.4, -0.2) is 5.11 Å². The van der Waals surface area contributed by atoms with Gasteiger partial charge in [0.15, 0.2) is 0 Å². The lowest BCUT2D eigenvalue weighted by atomic mass is 9.88. The van der Waals surface area contributed by atoms with Crippen molar-refractivity contribution in [2.75, 3.05) is 0 Å². The Hall–Kier alpha value is -1.02. The molecule has 1 atom stereocenters. The summed E-state index contributed by atoms with van der Waals surface area (Å²) in [5.74, 6) is 0.325. The number of phenolic OH excluding ortho intramolecular Hbond substituents is 1. The summed E-state index contributed by atoms with van der Waals surface area (Å²) >= 11 is 0. The van der Waals surface area contributed by atoms with E-state index < -0.39 is 0 Å². The topological polar surface area (TPSA) is 46.2 Å². The van der Waals surface area contributed by atoms with Gasteiger partial charge in [0.25, 0.3) is 0 Å². The van der Waals surface area contributed by atoms with Crippen molar-refractivity contribution in [2.45, 2.75) is 25.3 Å². The van der Waals surface area contributed by atoms with E-state index in [1.807, 2.05) is 6.07 Å². The summed E-state index contributed by atoms with van der Waals surface area (Å²) in [5, 5.41) is 9.25. The third-order valence-electron chi connectivity index (χ3n) is 2.49. The monoisotopic (exact) mass is 163 g/mol. The Morgan fingerprint density at radius 1 is 1.42 bits per heavy atom. The van der Waals surface area contributed by atoms with E-state index in [1.54, 1.807) is 12.1 Å². The SMILES string of the molecule is N[C@H]1CCCc2ccc(O)cc21. The molecule has 1 aromatic carbocycles. The fourth-order valence-corrected chi connectivity index (χ4v) is 1.82. The lowest BCUT2D eigenvalue weighted by Crippen LogP contribution is -2.16. The molecule has 0 saturated heterocycles. The van der Waals surface area contributed by atoms with Gasteiger partial charge in [-0.2, -0.15) is 0 Å². The van der Waals surface area contributed by atoms with Gasteiger partial charge in [0.2, 0.25) is 0 Å². The quantitative estimate of drug-likeness (QED) is 0.611. The van der Waals surface area contributed by atoms with E-state index in [9.17, 15) is 5.11 Å². The molecular formula is C10H13NO. The predicted octanol–water partition coefficient (Wildman–Crippen LogP) is 1.73. The molecule has 0 unspecified atom stereocenters. The summed E-state index contributed by atoms with van der Waals surface area (Å²) in [7, 11) is 0. The van der Waals surface area contributed by atoms with Crippen molar-refractivity contribution >= 4 is 0 Å². The van der Waals surface area contributed by atoms with Crippen LogP contribution in [0.5, 0.6) is 5.75 Å². The van der Waals surface area contributed by atoms with Gasteiger partial charge in [0.05, 0.1) is 0 Å². The molecule has 2 nitrogen and oxygen atoms in total. The van der Waals surface area contributed by atoms with Crippen LogP contribution >= 0.6 is 0 Å². The van der Waals surface area contributed by atoms with Crippen molar-refractivity contribution in [2.24, 2.45) is 5.73 Å². The molecule has 1 aromatic rings. The van der Waals surface area contributed by atoms with Gasteiger partial charge in [-0.25, -0.2) is 0 Å². The average molecular weight is 163 g/mol. The second-order valence-electron chi connectivity index (χ2n) is 3.38. The molecule has 0 aliphatic heterocycles. The number of hydrogen-bond acceptors (Lipinski definition) is 2. The van der Waals surface area contributed by atoms with Crippen LogP contribution in [0, 0.1) is 0 Å². The van der Waals surface area contributed by atoms with Crippen molar-refractivity contribution in [1.29, 1.82) is 0 Å². The van der Waals surface area contributed by atoms with Crippen LogP contribution in [0.25, 0.3) is 0 Å².